The zero-order chi connectivity index (χ0) is 52.0. The fourth-order valence-electron chi connectivity index (χ4n) is 10.4. The van der Waals surface area contributed by atoms with Crippen LogP contribution in [0.25, 0.3) is 17.2 Å². The lowest BCUT2D eigenvalue weighted by atomic mass is 9.66. The summed E-state index contributed by atoms with van der Waals surface area (Å²) in [5.41, 5.74) is 28.5. The van der Waals surface area contributed by atoms with Crippen LogP contribution in [-0.2, 0) is 10.8 Å². The molecule has 74 heavy (non-hydrogen) atoms. The maximum atomic E-state index is 6.21. The van der Waals surface area contributed by atoms with Crippen LogP contribution in [0.4, 0.5) is 0 Å². The van der Waals surface area contributed by atoms with Gasteiger partial charge in [0.2, 0.25) is 0 Å². The van der Waals surface area contributed by atoms with Crippen LogP contribution in [0.1, 0.15) is 72.2 Å². The molecule has 0 aromatic heterocycles. The summed E-state index contributed by atoms with van der Waals surface area (Å²) < 4.78 is 0. The maximum absolute atomic E-state index is 6.21. The Hall–Kier alpha value is -8.98. The van der Waals surface area contributed by atoms with Gasteiger partial charge in [0.15, 0.2) is 0 Å². The van der Waals surface area contributed by atoms with E-state index in [9.17, 15) is 0 Å². The molecular formula is C72H68N2. The molecule has 6 aromatic carbocycles. The lowest BCUT2D eigenvalue weighted by Crippen LogP contribution is -2.29. The second-order valence-electron chi connectivity index (χ2n) is 17.6. The SMILES string of the molecule is C=C/C=C(\C=C/C)C1(c2ccccc2)C(\C=C\C=C(C)/C=C(/C=C\C=C/C=C/C=C\C2=C(\C=C\N)C(c3ccccc3)(c3ccccc3)c3ccccc32)\C=C\N)=C(\C=C/c2ccccc2)c2ccccc21.CC. The van der Waals surface area contributed by atoms with Gasteiger partial charge in [-0.3, -0.25) is 0 Å². The maximum Gasteiger partial charge on any atom is 0.0714 e. The van der Waals surface area contributed by atoms with Gasteiger partial charge in [-0.2, -0.15) is 0 Å². The van der Waals surface area contributed by atoms with Gasteiger partial charge in [-0.1, -0.05) is 305 Å². The molecule has 8 rings (SSSR count). The second-order valence-corrected chi connectivity index (χ2v) is 17.6. The number of benzene rings is 6. The molecule has 6 aromatic rings. The van der Waals surface area contributed by atoms with Crippen LogP contribution in [0.3, 0.4) is 0 Å². The van der Waals surface area contributed by atoms with E-state index in [0.717, 1.165) is 33.4 Å². The molecule has 2 aliphatic carbocycles. The highest BCUT2D eigenvalue weighted by molar-refractivity contribution is 5.94. The van der Waals surface area contributed by atoms with E-state index in [1.807, 2.05) is 50.3 Å². The first-order valence-electron chi connectivity index (χ1n) is 25.6. The Kier molecular flexibility index (Phi) is 18.9. The Balaban J connectivity index is 0.00000395. The summed E-state index contributed by atoms with van der Waals surface area (Å²) >= 11 is 0. The predicted octanol–water partition coefficient (Wildman–Crippen LogP) is 17.6. The molecule has 366 valence electrons. The minimum atomic E-state index is -0.601. The second kappa shape index (κ2) is 26.5. The number of fused-ring (bicyclic) bond motifs is 2. The van der Waals surface area contributed by atoms with Crippen LogP contribution in [0.2, 0.25) is 0 Å². The van der Waals surface area contributed by atoms with Gasteiger partial charge in [-0.25, -0.2) is 0 Å². The molecule has 2 heteroatoms. The Morgan fingerprint density at radius 3 is 1.58 bits per heavy atom. The molecule has 0 saturated heterocycles. The van der Waals surface area contributed by atoms with E-state index < -0.39 is 10.8 Å². The van der Waals surface area contributed by atoms with Crippen LogP contribution in [0, 0.1) is 0 Å². The zero-order valence-corrected chi connectivity index (χ0v) is 43.2. The number of hydrogen-bond acceptors (Lipinski definition) is 2. The third-order valence-corrected chi connectivity index (χ3v) is 13.2. The molecule has 1 atom stereocenters. The van der Waals surface area contributed by atoms with Gasteiger partial charge >= 0.3 is 0 Å². The largest absolute Gasteiger partial charge is 0.405 e. The highest BCUT2D eigenvalue weighted by Crippen LogP contribution is 2.57. The lowest BCUT2D eigenvalue weighted by molar-refractivity contribution is 0.760. The summed E-state index contributed by atoms with van der Waals surface area (Å²) in [6.07, 6.45) is 45.4. The molecule has 0 heterocycles. The van der Waals surface area contributed by atoms with Gasteiger partial charge < -0.3 is 11.5 Å². The molecule has 2 aliphatic rings. The third kappa shape index (κ3) is 11.2. The first-order valence-corrected chi connectivity index (χ1v) is 25.6. The van der Waals surface area contributed by atoms with Crippen molar-refractivity contribution in [3.8, 4) is 0 Å². The van der Waals surface area contributed by atoms with E-state index >= 15 is 0 Å². The molecule has 0 aliphatic heterocycles. The van der Waals surface area contributed by atoms with E-state index in [0.29, 0.717) is 0 Å². The van der Waals surface area contributed by atoms with Crippen molar-refractivity contribution in [3.63, 3.8) is 0 Å². The summed E-state index contributed by atoms with van der Waals surface area (Å²) in [6, 6.07) is 60.3. The number of allylic oxidation sites excluding steroid dienone is 26. The Morgan fingerprint density at radius 2 is 0.986 bits per heavy atom. The predicted molar refractivity (Wildman–Crippen MR) is 321 cm³/mol. The summed E-state index contributed by atoms with van der Waals surface area (Å²) in [4.78, 5) is 0. The summed E-state index contributed by atoms with van der Waals surface area (Å²) in [6.45, 7) is 12.4. The first-order chi connectivity index (χ1) is 36.5. The molecule has 0 amide bonds. The van der Waals surface area contributed by atoms with Crippen molar-refractivity contribution in [1.82, 2.24) is 0 Å². The van der Waals surface area contributed by atoms with Crippen molar-refractivity contribution in [2.24, 2.45) is 11.5 Å². The molecule has 0 spiro atoms. The van der Waals surface area contributed by atoms with Gasteiger partial charge in [-0.05, 0) is 116 Å². The van der Waals surface area contributed by atoms with Crippen LogP contribution in [-0.4, -0.2) is 0 Å². The summed E-state index contributed by atoms with van der Waals surface area (Å²) in [5.74, 6) is 0. The van der Waals surface area contributed by atoms with Crippen molar-refractivity contribution in [2.45, 2.75) is 38.5 Å². The third-order valence-electron chi connectivity index (χ3n) is 13.2. The van der Waals surface area contributed by atoms with Crippen LogP contribution in [0.5, 0.6) is 0 Å². The minimum absolute atomic E-state index is 0.521. The molecule has 0 fully saturated rings. The van der Waals surface area contributed by atoms with Crippen LogP contribution >= 0.6 is 0 Å². The average molecular weight is 961 g/mol. The molecule has 0 saturated carbocycles. The van der Waals surface area contributed by atoms with Crippen molar-refractivity contribution in [2.75, 3.05) is 0 Å². The highest BCUT2D eigenvalue weighted by Gasteiger charge is 2.47. The smallest absolute Gasteiger partial charge is 0.0714 e. The van der Waals surface area contributed by atoms with E-state index in [1.54, 1.807) is 12.4 Å². The zero-order valence-electron chi connectivity index (χ0n) is 43.2. The van der Waals surface area contributed by atoms with Crippen molar-refractivity contribution in [3.05, 3.63) is 377 Å². The van der Waals surface area contributed by atoms with Gasteiger partial charge in [0.05, 0.1) is 10.8 Å². The Bertz CT molecular complexity index is 3260. The minimum Gasteiger partial charge on any atom is -0.405 e. The molecule has 0 bridgehead atoms. The van der Waals surface area contributed by atoms with Crippen LogP contribution in [0.15, 0.2) is 332 Å². The standard InChI is InChI=1S/C70H62N2.C2H6/c1-4-29-57(30-5-2)69(58-35-17-11-18-36-58)66-45-27-25-43-63(66)64(48-47-55-32-15-10-16-33-55)67(69)46-28-31-54(3)53-56(49-51-71)34-14-8-6-7-9-23-41-62-61-42-24-26-44-65(61)70(68(62)50-52-72,59-37-19-12-20-38-59)60-39-21-13-22-40-60;1-2/h4-53H,1,71-72H2,2-3H3;1-2H3/b8-6-,9-7+,30-5-,34-14-,41-23-,46-28+,48-47-,51-49+,52-50+,54-31-,56-53-,57-29+;. The van der Waals surface area contributed by atoms with Gasteiger partial charge in [-0.15, -0.1) is 0 Å². The molecule has 2 nitrogen and oxygen atoms in total. The fraction of sp³-hybridized carbons (Fsp3) is 0.0833. The van der Waals surface area contributed by atoms with E-state index in [2.05, 4.69) is 275 Å². The average Bonchev–Trinajstić information content (AvgIpc) is 3.90. The number of rotatable bonds is 18. The van der Waals surface area contributed by atoms with Crippen molar-refractivity contribution < 1.29 is 0 Å². The van der Waals surface area contributed by atoms with E-state index in [1.165, 1.54) is 50.1 Å². The molecule has 0 radical (unpaired) electrons. The fourth-order valence-corrected chi connectivity index (χ4v) is 10.4. The van der Waals surface area contributed by atoms with Crippen LogP contribution < -0.4 is 11.5 Å². The normalized spacial score (nSPS) is 17.2. The van der Waals surface area contributed by atoms with Gasteiger partial charge in [0, 0.05) is 0 Å². The highest BCUT2D eigenvalue weighted by atomic mass is 14.5. The van der Waals surface area contributed by atoms with Gasteiger partial charge in [0.25, 0.3) is 0 Å². The Labute approximate surface area is 441 Å². The quantitative estimate of drug-likeness (QED) is 0.0844. The van der Waals surface area contributed by atoms with Gasteiger partial charge in [0.1, 0.15) is 0 Å². The molecule has 4 N–H and O–H groups in total. The summed E-state index contributed by atoms with van der Waals surface area (Å²) in [7, 11) is 0. The van der Waals surface area contributed by atoms with Crippen molar-refractivity contribution >= 4 is 17.2 Å². The Morgan fingerprint density at radius 1 is 0.459 bits per heavy atom. The molecular weight excluding hydrogens is 893 g/mol. The van der Waals surface area contributed by atoms with Crippen molar-refractivity contribution in [1.29, 1.82) is 0 Å². The van der Waals surface area contributed by atoms with E-state index in [4.69, 9.17) is 11.5 Å². The number of hydrogen-bond donors (Lipinski definition) is 2. The summed E-state index contributed by atoms with van der Waals surface area (Å²) in [5, 5.41) is 0. The lowest BCUT2D eigenvalue weighted by Gasteiger charge is -2.35. The number of nitrogens with two attached hydrogens (primary N) is 2. The molecule has 1 unspecified atom stereocenters. The topological polar surface area (TPSA) is 52.0 Å². The monoisotopic (exact) mass is 961 g/mol. The first kappa shape index (κ1) is 52.8. The van der Waals surface area contributed by atoms with E-state index in [-0.39, 0.29) is 0 Å².